The molecule has 130 valence electrons. The Morgan fingerprint density at radius 1 is 0.962 bits per heavy atom. The minimum atomic E-state index is -0.491. The van der Waals surface area contributed by atoms with Gasteiger partial charge in [0.1, 0.15) is 18.5 Å². The van der Waals surface area contributed by atoms with E-state index in [0.717, 1.165) is 11.1 Å². The summed E-state index contributed by atoms with van der Waals surface area (Å²) in [7, 11) is 0. The zero-order chi connectivity index (χ0) is 17.9. The van der Waals surface area contributed by atoms with Gasteiger partial charge in [0, 0.05) is 5.02 Å². The monoisotopic (exact) mass is 364 g/mol. The van der Waals surface area contributed by atoms with Gasteiger partial charge in [-0.15, -0.1) is 0 Å². The molecule has 0 saturated carbocycles. The normalized spacial score (nSPS) is 18.3. The van der Waals surface area contributed by atoms with Gasteiger partial charge in [0.05, 0.1) is 5.56 Å². The van der Waals surface area contributed by atoms with E-state index in [1.165, 1.54) is 0 Å². The number of benzene rings is 3. The Hall–Kier alpha value is -2.62. The molecule has 0 N–H and O–H groups in total. The molecule has 1 aliphatic rings. The molecule has 26 heavy (non-hydrogen) atoms. The number of hydrogen-bond acceptors (Lipinski definition) is 3. The minimum Gasteiger partial charge on any atom is -0.488 e. The summed E-state index contributed by atoms with van der Waals surface area (Å²) in [5.41, 5.74) is 2.51. The van der Waals surface area contributed by atoms with E-state index in [9.17, 15) is 4.79 Å². The predicted octanol–water partition coefficient (Wildman–Crippen LogP) is 5.24. The van der Waals surface area contributed by atoms with Gasteiger partial charge in [0.15, 0.2) is 11.9 Å². The second-order valence-electron chi connectivity index (χ2n) is 6.17. The lowest BCUT2D eigenvalue weighted by Crippen LogP contribution is -2.10. The Kier molecular flexibility index (Phi) is 4.74. The van der Waals surface area contributed by atoms with Crippen LogP contribution in [-0.2, 0) is 11.3 Å². The van der Waals surface area contributed by atoms with Crippen LogP contribution in [0, 0.1) is 0 Å². The zero-order valence-corrected chi connectivity index (χ0v) is 14.7. The number of epoxide rings is 1. The molecular formula is C22H17ClO3. The van der Waals surface area contributed by atoms with Gasteiger partial charge < -0.3 is 9.47 Å². The van der Waals surface area contributed by atoms with Gasteiger partial charge >= 0.3 is 0 Å². The van der Waals surface area contributed by atoms with Gasteiger partial charge in [0.25, 0.3) is 0 Å². The summed E-state index contributed by atoms with van der Waals surface area (Å²) >= 11 is 6.03. The highest BCUT2D eigenvalue weighted by Gasteiger charge is 2.46. The van der Waals surface area contributed by atoms with E-state index in [1.54, 1.807) is 12.1 Å². The molecule has 4 heteroatoms. The second kappa shape index (κ2) is 7.32. The fraction of sp³-hybridized carbons (Fsp3) is 0.136. The van der Waals surface area contributed by atoms with E-state index in [1.807, 2.05) is 66.7 Å². The van der Waals surface area contributed by atoms with Crippen LogP contribution in [0.4, 0.5) is 0 Å². The summed E-state index contributed by atoms with van der Waals surface area (Å²) in [6, 6.07) is 24.6. The van der Waals surface area contributed by atoms with Crippen LogP contribution >= 0.6 is 11.6 Å². The van der Waals surface area contributed by atoms with Gasteiger partial charge in [0.2, 0.25) is 0 Å². The lowest BCUT2D eigenvalue weighted by Gasteiger charge is -2.10. The molecular weight excluding hydrogens is 348 g/mol. The van der Waals surface area contributed by atoms with Crippen molar-refractivity contribution >= 4 is 17.4 Å². The van der Waals surface area contributed by atoms with Gasteiger partial charge in [-0.3, -0.25) is 4.79 Å². The van der Waals surface area contributed by atoms with Crippen molar-refractivity contribution < 1.29 is 14.3 Å². The molecule has 1 saturated heterocycles. The molecule has 2 atom stereocenters. The summed E-state index contributed by atoms with van der Waals surface area (Å²) in [5.74, 6) is 0.500. The first-order valence-corrected chi connectivity index (χ1v) is 8.81. The topological polar surface area (TPSA) is 38.8 Å². The number of rotatable bonds is 6. The minimum absolute atomic E-state index is 0.0707. The van der Waals surface area contributed by atoms with Gasteiger partial charge in [-0.2, -0.15) is 0 Å². The van der Waals surface area contributed by atoms with Crippen LogP contribution in [0.3, 0.4) is 0 Å². The lowest BCUT2D eigenvalue weighted by molar-refractivity contribution is 0.0949. The average Bonchev–Trinajstić information content (AvgIpc) is 3.48. The maximum absolute atomic E-state index is 12.9. The molecule has 1 aliphatic heterocycles. The highest BCUT2D eigenvalue weighted by molar-refractivity contribution is 6.30. The Bertz CT molecular complexity index is 923. The first kappa shape index (κ1) is 16.8. The van der Waals surface area contributed by atoms with Crippen molar-refractivity contribution in [3.05, 3.63) is 101 Å². The third-order valence-electron chi connectivity index (χ3n) is 4.32. The van der Waals surface area contributed by atoms with E-state index in [4.69, 9.17) is 21.1 Å². The molecule has 3 nitrogen and oxygen atoms in total. The second-order valence-corrected chi connectivity index (χ2v) is 6.60. The molecule has 0 aromatic heterocycles. The Labute approximate surface area is 157 Å². The molecule has 0 spiro atoms. The molecule has 2 unspecified atom stereocenters. The first-order valence-electron chi connectivity index (χ1n) is 8.43. The van der Waals surface area contributed by atoms with Crippen molar-refractivity contribution in [3.63, 3.8) is 0 Å². The van der Waals surface area contributed by atoms with Crippen molar-refractivity contribution in [1.29, 1.82) is 0 Å². The number of ether oxygens (including phenoxy) is 2. The zero-order valence-electron chi connectivity index (χ0n) is 14.0. The van der Waals surface area contributed by atoms with E-state index in [2.05, 4.69) is 0 Å². The van der Waals surface area contributed by atoms with Crippen LogP contribution in [0.5, 0.6) is 5.75 Å². The number of hydrogen-bond donors (Lipinski definition) is 0. The number of Topliss-reactive ketones (excluding diaryl/α,β-unsaturated/α-hetero) is 1. The highest BCUT2D eigenvalue weighted by Crippen LogP contribution is 2.42. The molecule has 3 aromatic carbocycles. The fourth-order valence-electron chi connectivity index (χ4n) is 2.93. The molecule has 1 heterocycles. The van der Waals surface area contributed by atoms with Crippen LogP contribution in [0.15, 0.2) is 78.9 Å². The molecule has 0 aliphatic carbocycles. The van der Waals surface area contributed by atoms with Gasteiger partial charge in [-0.1, -0.05) is 66.2 Å². The van der Waals surface area contributed by atoms with Crippen molar-refractivity contribution in [2.45, 2.75) is 18.8 Å². The van der Waals surface area contributed by atoms with E-state index >= 15 is 0 Å². The third-order valence-corrected chi connectivity index (χ3v) is 4.55. The molecule has 0 radical (unpaired) electrons. The summed E-state index contributed by atoms with van der Waals surface area (Å²) in [5, 5.41) is 0.635. The Morgan fingerprint density at radius 2 is 1.73 bits per heavy atom. The van der Waals surface area contributed by atoms with E-state index in [-0.39, 0.29) is 11.9 Å². The molecule has 4 rings (SSSR count). The maximum atomic E-state index is 12.9. The highest BCUT2D eigenvalue weighted by atomic mass is 35.5. The molecule has 0 amide bonds. The molecule has 0 bridgehead atoms. The lowest BCUT2D eigenvalue weighted by atomic mass is 10.0. The van der Waals surface area contributed by atoms with Crippen molar-refractivity contribution in [3.8, 4) is 5.75 Å². The maximum Gasteiger partial charge on any atom is 0.198 e. The predicted molar refractivity (Wildman–Crippen MR) is 101 cm³/mol. The summed E-state index contributed by atoms with van der Waals surface area (Å²) in [4.78, 5) is 12.9. The number of carbonyl (C=O) groups excluding carboxylic acids is 1. The molecule has 3 aromatic rings. The molecule has 1 fully saturated rings. The van der Waals surface area contributed by atoms with Crippen molar-refractivity contribution in [1.82, 2.24) is 0 Å². The van der Waals surface area contributed by atoms with Crippen LogP contribution in [0.25, 0.3) is 0 Å². The Morgan fingerprint density at radius 3 is 2.54 bits per heavy atom. The number of halogens is 1. The smallest absolute Gasteiger partial charge is 0.198 e. The standard InChI is InChI=1S/C22H17ClO3/c23-17-10-6-9-16(13-17)21-22(26-21)20(24)18-11-4-5-12-19(18)25-14-15-7-2-1-3-8-15/h1-13,21-22H,14H2. The quantitative estimate of drug-likeness (QED) is 0.443. The largest absolute Gasteiger partial charge is 0.488 e. The summed E-state index contributed by atoms with van der Waals surface area (Å²) in [6.45, 7) is 0.411. The number of carbonyl (C=O) groups is 1. The SMILES string of the molecule is O=C(c1ccccc1OCc1ccccc1)C1OC1c1cccc(Cl)c1. The van der Waals surface area contributed by atoms with E-state index < -0.39 is 6.10 Å². The van der Waals surface area contributed by atoms with Crippen LogP contribution in [0.1, 0.15) is 27.6 Å². The van der Waals surface area contributed by atoms with Gasteiger partial charge in [-0.05, 0) is 35.4 Å². The average molecular weight is 365 g/mol. The van der Waals surface area contributed by atoms with Crippen LogP contribution < -0.4 is 4.74 Å². The number of para-hydroxylation sites is 1. The fourth-order valence-corrected chi connectivity index (χ4v) is 3.13. The van der Waals surface area contributed by atoms with Crippen LogP contribution in [-0.4, -0.2) is 11.9 Å². The third kappa shape index (κ3) is 3.64. The van der Waals surface area contributed by atoms with Gasteiger partial charge in [-0.25, -0.2) is 0 Å². The number of ketones is 1. The van der Waals surface area contributed by atoms with Crippen molar-refractivity contribution in [2.75, 3.05) is 0 Å². The van der Waals surface area contributed by atoms with E-state index in [0.29, 0.717) is 22.9 Å². The Balaban J connectivity index is 1.49. The van der Waals surface area contributed by atoms with Crippen molar-refractivity contribution in [2.24, 2.45) is 0 Å². The summed E-state index contributed by atoms with van der Waals surface area (Å²) in [6.07, 6.45) is -0.738. The first-order chi connectivity index (χ1) is 12.7. The summed E-state index contributed by atoms with van der Waals surface area (Å²) < 4.78 is 11.5. The van der Waals surface area contributed by atoms with Crippen LogP contribution in [0.2, 0.25) is 5.02 Å².